The molecule has 0 aliphatic heterocycles. The van der Waals surface area contributed by atoms with Crippen LogP contribution in [0.2, 0.25) is 0 Å². The van der Waals surface area contributed by atoms with E-state index in [-0.39, 0.29) is 24.1 Å². The molecule has 2 heterocycles. The van der Waals surface area contributed by atoms with Gasteiger partial charge >= 0.3 is 0 Å². The van der Waals surface area contributed by atoms with Crippen molar-refractivity contribution >= 4 is 23.3 Å². The molecule has 0 bridgehead atoms. The Morgan fingerprint density at radius 3 is 2.53 bits per heavy atom. The number of rotatable bonds is 8. The van der Waals surface area contributed by atoms with Crippen molar-refractivity contribution in [3.05, 3.63) is 70.6 Å². The highest BCUT2D eigenvalue weighted by Crippen LogP contribution is 2.27. The Balaban J connectivity index is 2.02. The maximum atomic E-state index is 13.4. The zero-order chi connectivity index (χ0) is 21.7. The number of hydrogen-bond donors (Lipinski definition) is 1. The minimum Gasteiger partial charge on any atom is -0.467 e. The Morgan fingerprint density at radius 1 is 1.23 bits per heavy atom. The standard InChI is InChI=1S/C22H26N4O3S/c1-5-22(3,4)23-20(27)19(18-7-6-12-29-18)26(21(28)17-14-30-25-24-17)13-16-10-8-15(2)9-11-16/h6-12,14,19H,5,13H2,1-4H3,(H,23,27)/t19-/m0/s1. The van der Waals surface area contributed by atoms with Crippen LogP contribution in [0.1, 0.15) is 60.6 Å². The van der Waals surface area contributed by atoms with Crippen LogP contribution in [0.15, 0.2) is 52.5 Å². The van der Waals surface area contributed by atoms with Crippen molar-refractivity contribution in [2.45, 2.75) is 52.2 Å². The highest BCUT2D eigenvalue weighted by molar-refractivity contribution is 7.03. The predicted molar refractivity (Wildman–Crippen MR) is 115 cm³/mol. The second-order valence-corrected chi connectivity index (χ2v) is 8.46. The van der Waals surface area contributed by atoms with Crippen LogP contribution in [-0.4, -0.2) is 31.8 Å². The SMILES string of the molecule is CCC(C)(C)NC(=O)[C@H](c1ccco1)N(Cc1ccc(C)cc1)C(=O)c1csnn1. The van der Waals surface area contributed by atoms with Gasteiger partial charge < -0.3 is 14.6 Å². The molecule has 1 aromatic carbocycles. The van der Waals surface area contributed by atoms with Crippen molar-refractivity contribution in [3.63, 3.8) is 0 Å². The second kappa shape index (κ2) is 9.21. The van der Waals surface area contributed by atoms with Gasteiger partial charge in [0.15, 0.2) is 11.7 Å². The van der Waals surface area contributed by atoms with Gasteiger partial charge in [0.1, 0.15) is 5.76 Å². The summed E-state index contributed by atoms with van der Waals surface area (Å²) in [4.78, 5) is 28.2. The third kappa shape index (κ3) is 5.13. The Labute approximate surface area is 180 Å². The van der Waals surface area contributed by atoms with Gasteiger partial charge in [-0.05, 0) is 56.4 Å². The molecule has 7 nitrogen and oxygen atoms in total. The lowest BCUT2D eigenvalue weighted by atomic mass is 10.0. The lowest BCUT2D eigenvalue weighted by Crippen LogP contribution is -2.50. The molecule has 0 radical (unpaired) electrons. The summed E-state index contributed by atoms with van der Waals surface area (Å²) >= 11 is 1.09. The summed E-state index contributed by atoms with van der Waals surface area (Å²) < 4.78 is 9.39. The minimum absolute atomic E-state index is 0.200. The molecule has 0 unspecified atom stereocenters. The molecule has 3 aromatic rings. The van der Waals surface area contributed by atoms with Gasteiger partial charge in [0, 0.05) is 17.5 Å². The van der Waals surface area contributed by atoms with Crippen molar-refractivity contribution in [2.75, 3.05) is 0 Å². The van der Waals surface area contributed by atoms with E-state index in [0.717, 1.165) is 29.1 Å². The number of hydrogen-bond acceptors (Lipinski definition) is 6. The van der Waals surface area contributed by atoms with E-state index in [1.807, 2.05) is 52.0 Å². The van der Waals surface area contributed by atoms with E-state index in [1.165, 1.54) is 11.2 Å². The van der Waals surface area contributed by atoms with Crippen LogP contribution in [0.5, 0.6) is 0 Å². The van der Waals surface area contributed by atoms with E-state index in [0.29, 0.717) is 5.76 Å². The molecular formula is C22H26N4O3S. The van der Waals surface area contributed by atoms with Crippen molar-refractivity contribution < 1.29 is 14.0 Å². The molecule has 0 saturated carbocycles. The molecule has 1 N–H and O–H groups in total. The van der Waals surface area contributed by atoms with Gasteiger partial charge in [-0.3, -0.25) is 9.59 Å². The summed E-state index contributed by atoms with van der Waals surface area (Å²) in [5.41, 5.74) is 1.79. The molecule has 2 aromatic heterocycles. The van der Waals surface area contributed by atoms with E-state index in [2.05, 4.69) is 14.9 Å². The summed E-state index contributed by atoms with van der Waals surface area (Å²) in [5.74, 6) is -0.293. The summed E-state index contributed by atoms with van der Waals surface area (Å²) in [6.07, 6.45) is 2.24. The van der Waals surface area contributed by atoms with Crippen LogP contribution in [-0.2, 0) is 11.3 Å². The first-order valence-corrected chi connectivity index (χ1v) is 10.6. The van der Waals surface area contributed by atoms with E-state index in [1.54, 1.807) is 17.5 Å². The van der Waals surface area contributed by atoms with Crippen molar-refractivity contribution in [3.8, 4) is 0 Å². The van der Waals surface area contributed by atoms with E-state index < -0.39 is 11.6 Å². The monoisotopic (exact) mass is 426 g/mol. The molecule has 0 saturated heterocycles. The Kier molecular flexibility index (Phi) is 6.66. The van der Waals surface area contributed by atoms with E-state index in [4.69, 9.17) is 4.42 Å². The highest BCUT2D eigenvalue weighted by Gasteiger charge is 2.36. The number of nitrogens with zero attached hydrogens (tertiary/aromatic N) is 3. The molecule has 0 aliphatic rings. The van der Waals surface area contributed by atoms with E-state index in [9.17, 15) is 9.59 Å². The van der Waals surface area contributed by atoms with Crippen LogP contribution in [0.4, 0.5) is 0 Å². The minimum atomic E-state index is -0.943. The normalized spacial score (nSPS) is 12.4. The summed E-state index contributed by atoms with van der Waals surface area (Å²) in [6.45, 7) is 8.11. The first kappa shape index (κ1) is 21.7. The zero-order valence-corrected chi connectivity index (χ0v) is 18.4. The van der Waals surface area contributed by atoms with Gasteiger partial charge in [-0.15, -0.1) is 5.10 Å². The number of carbonyl (C=O) groups is 2. The molecule has 0 spiro atoms. The lowest BCUT2D eigenvalue weighted by Gasteiger charge is -2.33. The third-order valence-electron chi connectivity index (χ3n) is 5.03. The molecular weight excluding hydrogens is 400 g/mol. The highest BCUT2D eigenvalue weighted by atomic mass is 32.1. The van der Waals surface area contributed by atoms with E-state index >= 15 is 0 Å². The third-order valence-corrected chi connectivity index (χ3v) is 5.54. The quantitative estimate of drug-likeness (QED) is 0.585. The number of carbonyl (C=O) groups excluding carboxylic acids is 2. The molecule has 1 atom stereocenters. The van der Waals surface area contributed by atoms with Crippen LogP contribution in [0, 0.1) is 6.92 Å². The fourth-order valence-corrected chi connectivity index (χ4v) is 3.37. The Bertz CT molecular complexity index is 967. The van der Waals surface area contributed by atoms with Gasteiger partial charge in [-0.25, -0.2) is 0 Å². The van der Waals surface area contributed by atoms with Crippen LogP contribution in [0.25, 0.3) is 0 Å². The molecule has 8 heteroatoms. The van der Waals surface area contributed by atoms with Gasteiger partial charge in [0.05, 0.1) is 6.26 Å². The van der Waals surface area contributed by atoms with Crippen LogP contribution < -0.4 is 5.32 Å². The second-order valence-electron chi connectivity index (χ2n) is 7.85. The lowest BCUT2D eigenvalue weighted by molar-refractivity contribution is -0.128. The number of aromatic nitrogens is 2. The largest absolute Gasteiger partial charge is 0.467 e. The molecule has 30 heavy (non-hydrogen) atoms. The summed E-state index contributed by atoms with van der Waals surface area (Å²) in [7, 11) is 0. The predicted octanol–water partition coefficient (Wildman–Crippen LogP) is 4.13. The topological polar surface area (TPSA) is 88.3 Å². The number of aryl methyl sites for hydroxylation is 1. The maximum absolute atomic E-state index is 13.4. The Morgan fingerprint density at radius 2 is 1.97 bits per heavy atom. The fraction of sp³-hybridized carbons (Fsp3) is 0.364. The number of benzene rings is 1. The van der Waals surface area contributed by atoms with Gasteiger partial charge in [0.25, 0.3) is 11.8 Å². The molecule has 0 fully saturated rings. The molecule has 0 aliphatic carbocycles. The van der Waals surface area contributed by atoms with Gasteiger partial charge in [-0.2, -0.15) is 0 Å². The number of amides is 2. The van der Waals surface area contributed by atoms with Crippen molar-refractivity contribution in [2.24, 2.45) is 0 Å². The Hall–Kier alpha value is -3.00. The number of furan rings is 1. The summed E-state index contributed by atoms with van der Waals surface area (Å²) in [5, 5.41) is 8.55. The zero-order valence-electron chi connectivity index (χ0n) is 17.6. The smallest absolute Gasteiger partial charge is 0.276 e. The first-order valence-electron chi connectivity index (χ1n) is 9.79. The van der Waals surface area contributed by atoms with Crippen LogP contribution in [0.3, 0.4) is 0 Å². The fourth-order valence-electron chi connectivity index (χ4n) is 2.94. The van der Waals surface area contributed by atoms with Gasteiger partial charge in [0.2, 0.25) is 0 Å². The van der Waals surface area contributed by atoms with Gasteiger partial charge in [-0.1, -0.05) is 41.2 Å². The van der Waals surface area contributed by atoms with Crippen molar-refractivity contribution in [1.29, 1.82) is 0 Å². The summed E-state index contributed by atoms with van der Waals surface area (Å²) in [6, 6.07) is 10.3. The van der Waals surface area contributed by atoms with Crippen molar-refractivity contribution in [1.82, 2.24) is 19.8 Å². The number of nitrogens with one attached hydrogen (secondary N) is 1. The average molecular weight is 427 g/mol. The maximum Gasteiger partial charge on any atom is 0.276 e. The molecule has 2 amide bonds. The molecule has 158 valence electrons. The average Bonchev–Trinajstić information content (AvgIpc) is 3.42. The first-order chi connectivity index (χ1) is 14.3. The molecule has 3 rings (SSSR count). The van der Waals surface area contributed by atoms with Crippen LogP contribution >= 0.6 is 11.5 Å².